The molecule has 146 valence electrons. The molecule has 4 rings (SSSR count). The van der Waals surface area contributed by atoms with Gasteiger partial charge in [-0.3, -0.25) is 9.59 Å². The number of carbonyl (C=O) groups excluding carboxylic acids is 2. The average Bonchev–Trinajstić information content (AvgIpc) is 2.51. The summed E-state index contributed by atoms with van der Waals surface area (Å²) < 4.78 is 7.54. The molecule has 0 N–H and O–H groups in total. The van der Waals surface area contributed by atoms with Crippen molar-refractivity contribution in [3.63, 3.8) is 0 Å². The number of rotatable bonds is 1. The summed E-state index contributed by atoms with van der Waals surface area (Å²) in [5, 5.41) is 0. The van der Waals surface area contributed by atoms with Crippen LogP contribution < -0.4 is 0 Å². The van der Waals surface area contributed by atoms with Crippen molar-refractivity contribution in [1.82, 2.24) is 0 Å². The Morgan fingerprint density at radius 3 is 1.70 bits per heavy atom. The van der Waals surface area contributed by atoms with Gasteiger partial charge in [0.1, 0.15) is 11.6 Å². The zero-order valence-electron chi connectivity index (χ0n) is 16.6. The minimum Gasteiger partial charge on any atom is -0.373 e. The summed E-state index contributed by atoms with van der Waals surface area (Å²) in [6.07, 6.45) is 2.74. The van der Waals surface area contributed by atoms with Gasteiger partial charge in [-0.25, -0.2) is 0 Å². The van der Waals surface area contributed by atoms with Gasteiger partial charge < -0.3 is 4.74 Å². The Bertz CT molecular complexity index is 722. The minimum absolute atomic E-state index is 0.0381. The zero-order chi connectivity index (χ0) is 19.6. The molecule has 4 unspecified atom stereocenters. The lowest BCUT2D eigenvalue weighted by molar-refractivity contribution is -0.186. The largest absolute Gasteiger partial charge is 0.373 e. The molecule has 0 bridgehead atoms. The van der Waals surface area contributed by atoms with E-state index >= 15 is 0 Å². The highest BCUT2D eigenvalue weighted by atomic mass is 79.9. The Kier molecular flexibility index (Phi) is 4.67. The summed E-state index contributed by atoms with van der Waals surface area (Å²) in [6, 6.07) is 8.19. The van der Waals surface area contributed by atoms with Gasteiger partial charge in [0.05, 0.1) is 24.0 Å². The third kappa shape index (κ3) is 3.55. The van der Waals surface area contributed by atoms with Gasteiger partial charge in [-0.1, -0.05) is 55.8 Å². The first kappa shape index (κ1) is 19.3. The quantitative estimate of drug-likeness (QED) is 0.603. The highest BCUT2D eigenvalue weighted by Gasteiger charge is 2.57. The molecule has 1 aromatic rings. The molecule has 2 saturated carbocycles. The van der Waals surface area contributed by atoms with Crippen LogP contribution in [-0.2, 0) is 14.3 Å². The highest BCUT2D eigenvalue weighted by molar-refractivity contribution is 9.10. The van der Waals surface area contributed by atoms with Crippen molar-refractivity contribution in [3.05, 3.63) is 34.3 Å². The second-order valence-corrected chi connectivity index (χ2v) is 11.3. The van der Waals surface area contributed by atoms with Gasteiger partial charge in [0, 0.05) is 23.2 Å². The fourth-order valence-electron chi connectivity index (χ4n) is 5.76. The Balaban J connectivity index is 1.79. The van der Waals surface area contributed by atoms with E-state index in [4.69, 9.17) is 4.74 Å². The fourth-order valence-corrected chi connectivity index (χ4v) is 6.02. The summed E-state index contributed by atoms with van der Waals surface area (Å²) in [5.41, 5.74) is 1.03. The van der Waals surface area contributed by atoms with Gasteiger partial charge in [0.2, 0.25) is 0 Å². The van der Waals surface area contributed by atoms with Crippen LogP contribution in [0.5, 0.6) is 0 Å². The normalized spacial score (nSPS) is 37.4. The van der Waals surface area contributed by atoms with Crippen LogP contribution in [0.1, 0.15) is 64.9 Å². The van der Waals surface area contributed by atoms with E-state index in [1.165, 1.54) is 0 Å². The van der Waals surface area contributed by atoms with E-state index in [-0.39, 0.29) is 52.4 Å². The van der Waals surface area contributed by atoms with Crippen molar-refractivity contribution in [2.75, 3.05) is 0 Å². The molecule has 2 aliphatic carbocycles. The summed E-state index contributed by atoms with van der Waals surface area (Å²) in [6.45, 7) is 8.62. The molecule has 4 heteroatoms. The Morgan fingerprint density at radius 1 is 0.815 bits per heavy atom. The molecule has 3 nitrogen and oxygen atoms in total. The lowest BCUT2D eigenvalue weighted by Gasteiger charge is -2.54. The standard InChI is InChI=1S/C23H29BrO3/c1-22(2)9-15(25)20-17(11-22)27-18-12-23(3,4)10-16(26)21(18)19(20)13-5-7-14(24)8-6-13/h5-8,17-21H,9-12H2,1-4H3. The number of ketones is 2. The number of Topliss-reactive ketones (excluding diaryl/α,β-unsaturated/α-hetero) is 2. The summed E-state index contributed by atoms with van der Waals surface area (Å²) in [5.74, 6) is 0.0609. The van der Waals surface area contributed by atoms with E-state index in [9.17, 15) is 9.59 Å². The van der Waals surface area contributed by atoms with E-state index in [1.54, 1.807) is 0 Å². The Labute approximate surface area is 170 Å². The first-order valence-corrected chi connectivity index (χ1v) is 10.8. The van der Waals surface area contributed by atoms with Crippen LogP contribution in [0.15, 0.2) is 28.7 Å². The van der Waals surface area contributed by atoms with Crippen LogP contribution >= 0.6 is 15.9 Å². The number of fused-ring (bicyclic) bond motifs is 2. The molecular weight excluding hydrogens is 404 g/mol. The third-order valence-corrected chi connectivity index (χ3v) is 7.26. The molecule has 3 aliphatic rings. The predicted molar refractivity (Wildman–Crippen MR) is 109 cm³/mol. The van der Waals surface area contributed by atoms with Gasteiger partial charge in [-0.15, -0.1) is 0 Å². The maximum atomic E-state index is 13.2. The van der Waals surface area contributed by atoms with Crippen LogP contribution in [-0.4, -0.2) is 23.8 Å². The van der Waals surface area contributed by atoms with Crippen LogP contribution in [0.25, 0.3) is 0 Å². The lowest BCUT2D eigenvalue weighted by atomic mass is 9.56. The highest BCUT2D eigenvalue weighted by Crippen LogP contribution is 2.54. The van der Waals surface area contributed by atoms with Crippen molar-refractivity contribution in [2.45, 2.75) is 71.5 Å². The summed E-state index contributed by atoms with van der Waals surface area (Å²) in [7, 11) is 0. The second kappa shape index (κ2) is 6.52. The fraction of sp³-hybridized carbons (Fsp3) is 0.652. The molecule has 1 aliphatic heterocycles. The molecule has 1 heterocycles. The molecule has 4 atom stereocenters. The topological polar surface area (TPSA) is 43.4 Å². The van der Waals surface area contributed by atoms with Gasteiger partial charge >= 0.3 is 0 Å². The number of hydrogen-bond donors (Lipinski definition) is 0. The van der Waals surface area contributed by atoms with Gasteiger partial charge in [0.15, 0.2) is 0 Å². The maximum absolute atomic E-state index is 13.2. The molecule has 1 aromatic carbocycles. The van der Waals surface area contributed by atoms with Crippen LogP contribution in [0, 0.1) is 22.7 Å². The van der Waals surface area contributed by atoms with E-state index in [0.29, 0.717) is 12.8 Å². The lowest BCUT2D eigenvalue weighted by Crippen LogP contribution is -2.58. The van der Waals surface area contributed by atoms with E-state index in [0.717, 1.165) is 22.9 Å². The summed E-state index contributed by atoms with van der Waals surface area (Å²) >= 11 is 3.50. The average molecular weight is 433 g/mol. The first-order chi connectivity index (χ1) is 12.6. The van der Waals surface area contributed by atoms with Crippen molar-refractivity contribution < 1.29 is 14.3 Å². The molecule has 1 saturated heterocycles. The minimum atomic E-state index is -0.203. The van der Waals surface area contributed by atoms with Crippen LogP contribution in [0.2, 0.25) is 0 Å². The van der Waals surface area contributed by atoms with Crippen molar-refractivity contribution >= 4 is 27.5 Å². The van der Waals surface area contributed by atoms with Crippen molar-refractivity contribution in [1.29, 1.82) is 0 Å². The third-order valence-electron chi connectivity index (χ3n) is 6.74. The van der Waals surface area contributed by atoms with Crippen molar-refractivity contribution in [3.8, 4) is 0 Å². The van der Waals surface area contributed by atoms with E-state index < -0.39 is 0 Å². The van der Waals surface area contributed by atoms with Crippen molar-refractivity contribution in [2.24, 2.45) is 22.7 Å². The van der Waals surface area contributed by atoms with Crippen LogP contribution in [0.4, 0.5) is 0 Å². The molecule has 27 heavy (non-hydrogen) atoms. The second-order valence-electron chi connectivity index (χ2n) is 10.4. The Hall–Kier alpha value is -1.000. The molecule has 3 fully saturated rings. The maximum Gasteiger partial charge on any atom is 0.139 e. The SMILES string of the molecule is CC1(C)CC(=O)C2C(C1)OC1CC(C)(C)CC(=O)C1C2c1ccc(Br)cc1. The summed E-state index contributed by atoms with van der Waals surface area (Å²) in [4.78, 5) is 26.4. The molecule has 0 radical (unpaired) electrons. The zero-order valence-corrected chi connectivity index (χ0v) is 18.2. The molecule has 0 spiro atoms. The predicted octanol–water partition coefficient (Wildman–Crippen LogP) is 5.31. The van der Waals surface area contributed by atoms with Crippen LogP contribution in [0.3, 0.4) is 0 Å². The number of carbonyl (C=O) groups is 2. The number of hydrogen-bond acceptors (Lipinski definition) is 3. The van der Waals surface area contributed by atoms with Gasteiger partial charge in [-0.05, 0) is 41.4 Å². The molecular formula is C23H29BrO3. The number of benzene rings is 1. The number of ether oxygens (including phenoxy) is 1. The van der Waals surface area contributed by atoms with Gasteiger partial charge in [-0.2, -0.15) is 0 Å². The molecule has 0 amide bonds. The monoisotopic (exact) mass is 432 g/mol. The Morgan fingerprint density at radius 2 is 1.26 bits per heavy atom. The smallest absolute Gasteiger partial charge is 0.139 e. The molecule has 0 aromatic heterocycles. The first-order valence-electron chi connectivity index (χ1n) is 10.0. The van der Waals surface area contributed by atoms with E-state index in [1.807, 2.05) is 12.1 Å². The van der Waals surface area contributed by atoms with Gasteiger partial charge in [0.25, 0.3) is 0 Å². The van der Waals surface area contributed by atoms with E-state index in [2.05, 4.69) is 55.8 Å². The number of halogens is 1.